The quantitative estimate of drug-likeness (QED) is 0.342. The van der Waals surface area contributed by atoms with Crippen LogP contribution in [0.1, 0.15) is 45.4 Å². The van der Waals surface area contributed by atoms with Gasteiger partial charge in [0, 0.05) is 46.3 Å². The van der Waals surface area contributed by atoms with Gasteiger partial charge in [0.05, 0.1) is 0 Å². The predicted molar refractivity (Wildman–Crippen MR) is 140 cm³/mol. The predicted octanol–water partition coefficient (Wildman–Crippen LogP) is 5.73. The van der Waals surface area contributed by atoms with Crippen molar-refractivity contribution >= 4 is 29.3 Å². The molecular weight excluding hydrogens is 472 g/mol. The monoisotopic (exact) mass is 498 g/mol. The Bertz CT molecular complexity index is 1350. The van der Waals surface area contributed by atoms with E-state index in [1.165, 1.54) is 0 Å². The Morgan fingerprint density at radius 2 is 1.69 bits per heavy atom. The van der Waals surface area contributed by atoms with Gasteiger partial charge in [0.15, 0.2) is 0 Å². The van der Waals surface area contributed by atoms with Gasteiger partial charge in [0.1, 0.15) is 0 Å². The standard InChI is InChI=1S/C28H26N4O3S/c1-36-24-9-5-8-23(18-24)29-26(33)20-12-10-19(11-13-20)25-30-27(35-31-25)21-14-16-32(17-15-21)28(34)22-6-3-2-4-7-22/h2-13,18,21H,14-17H2,1H3,(H,29,33). The number of carbonyl (C=O) groups excluding carboxylic acids is 2. The SMILES string of the molecule is CSc1cccc(NC(=O)c2ccc(-c3noc(C4CCN(C(=O)c5ccccc5)CC4)n3)cc2)c1. The molecule has 1 saturated heterocycles. The summed E-state index contributed by atoms with van der Waals surface area (Å²) in [5.41, 5.74) is 2.80. The van der Waals surface area contributed by atoms with E-state index < -0.39 is 0 Å². The highest BCUT2D eigenvalue weighted by molar-refractivity contribution is 7.98. The first-order valence-corrected chi connectivity index (χ1v) is 13.1. The number of likely N-dealkylation sites (tertiary alicyclic amines) is 1. The van der Waals surface area contributed by atoms with Gasteiger partial charge >= 0.3 is 0 Å². The van der Waals surface area contributed by atoms with Gasteiger partial charge in [0.2, 0.25) is 11.7 Å². The largest absolute Gasteiger partial charge is 0.339 e. The number of hydrogen-bond acceptors (Lipinski definition) is 6. The van der Waals surface area contributed by atoms with E-state index >= 15 is 0 Å². The second kappa shape index (κ2) is 10.8. The van der Waals surface area contributed by atoms with E-state index in [1.807, 2.05) is 77.9 Å². The summed E-state index contributed by atoms with van der Waals surface area (Å²) < 4.78 is 5.57. The van der Waals surface area contributed by atoms with Gasteiger partial charge in [-0.2, -0.15) is 4.98 Å². The molecule has 0 aliphatic carbocycles. The van der Waals surface area contributed by atoms with Crippen LogP contribution in [0.5, 0.6) is 0 Å². The van der Waals surface area contributed by atoms with E-state index in [1.54, 1.807) is 23.9 Å². The molecule has 8 heteroatoms. The van der Waals surface area contributed by atoms with Crippen LogP contribution in [0.3, 0.4) is 0 Å². The van der Waals surface area contributed by atoms with E-state index in [0.29, 0.717) is 35.9 Å². The zero-order valence-corrected chi connectivity index (χ0v) is 20.7. The van der Waals surface area contributed by atoms with Crippen molar-refractivity contribution in [2.75, 3.05) is 24.7 Å². The second-order valence-corrected chi connectivity index (χ2v) is 9.53. The van der Waals surface area contributed by atoms with E-state index in [4.69, 9.17) is 4.52 Å². The van der Waals surface area contributed by atoms with Crippen LogP contribution < -0.4 is 5.32 Å². The highest BCUT2D eigenvalue weighted by atomic mass is 32.2. The lowest BCUT2D eigenvalue weighted by atomic mass is 9.96. The summed E-state index contributed by atoms with van der Waals surface area (Å²) in [5.74, 6) is 1.08. The Morgan fingerprint density at radius 1 is 0.944 bits per heavy atom. The minimum Gasteiger partial charge on any atom is -0.339 e. The minimum atomic E-state index is -0.176. The molecule has 7 nitrogen and oxygen atoms in total. The third-order valence-corrected chi connectivity index (χ3v) is 7.05. The molecule has 2 heterocycles. The van der Waals surface area contributed by atoms with Crippen LogP contribution in [-0.4, -0.2) is 46.2 Å². The van der Waals surface area contributed by atoms with Gasteiger partial charge in [-0.15, -0.1) is 11.8 Å². The highest BCUT2D eigenvalue weighted by Crippen LogP contribution is 2.29. The molecule has 2 amide bonds. The van der Waals surface area contributed by atoms with Crippen LogP contribution >= 0.6 is 11.8 Å². The van der Waals surface area contributed by atoms with Gasteiger partial charge in [-0.3, -0.25) is 9.59 Å². The number of benzene rings is 3. The number of piperidine rings is 1. The molecule has 0 bridgehead atoms. The molecule has 0 spiro atoms. The zero-order valence-electron chi connectivity index (χ0n) is 19.9. The normalized spacial score (nSPS) is 14.0. The molecule has 3 aromatic carbocycles. The Labute approximate surface area is 213 Å². The maximum Gasteiger partial charge on any atom is 0.255 e. The second-order valence-electron chi connectivity index (χ2n) is 8.65. The molecule has 1 aliphatic heterocycles. The molecule has 182 valence electrons. The molecule has 1 aliphatic rings. The van der Waals surface area contributed by atoms with E-state index in [9.17, 15) is 9.59 Å². The van der Waals surface area contributed by atoms with Crippen LogP contribution in [0, 0.1) is 0 Å². The Balaban J connectivity index is 1.19. The molecule has 4 aromatic rings. The first kappa shape index (κ1) is 23.8. The molecular formula is C28H26N4O3S. The summed E-state index contributed by atoms with van der Waals surface area (Å²) in [5, 5.41) is 7.09. The number of nitrogens with zero attached hydrogens (tertiary/aromatic N) is 3. The lowest BCUT2D eigenvalue weighted by Crippen LogP contribution is -2.37. The number of anilines is 1. The van der Waals surface area contributed by atoms with Gasteiger partial charge < -0.3 is 14.7 Å². The fourth-order valence-corrected chi connectivity index (χ4v) is 4.75. The summed E-state index contributed by atoms with van der Waals surface area (Å²) in [6.45, 7) is 1.31. The summed E-state index contributed by atoms with van der Waals surface area (Å²) in [6, 6.07) is 24.2. The topological polar surface area (TPSA) is 88.3 Å². The lowest BCUT2D eigenvalue weighted by Gasteiger charge is -2.30. The minimum absolute atomic E-state index is 0.0568. The van der Waals surface area contributed by atoms with Crippen LogP contribution in [0.2, 0.25) is 0 Å². The smallest absolute Gasteiger partial charge is 0.255 e. The summed E-state index contributed by atoms with van der Waals surface area (Å²) in [7, 11) is 0. The van der Waals surface area contributed by atoms with Gasteiger partial charge in [-0.05, 0) is 61.6 Å². The maximum absolute atomic E-state index is 12.7. The van der Waals surface area contributed by atoms with Crippen LogP contribution in [0.15, 0.2) is 88.3 Å². The molecule has 0 atom stereocenters. The average Bonchev–Trinajstić information content (AvgIpc) is 3.44. The fourth-order valence-electron chi connectivity index (χ4n) is 4.29. The average molecular weight is 499 g/mol. The Kier molecular flexibility index (Phi) is 7.13. The number of hydrogen-bond donors (Lipinski definition) is 1. The Hall–Kier alpha value is -3.91. The summed E-state index contributed by atoms with van der Waals surface area (Å²) in [4.78, 5) is 32.9. The Morgan fingerprint density at radius 3 is 2.42 bits per heavy atom. The van der Waals surface area contributed by atoms with Gasteiger partial charge in [0.25, 0.3) is 11.8 Å². The number of rotatable bonds is 6. The van der Waals surface area contributed by atoms with E-state index in [0.717, 1.165) is 29.0 Å². The zero-order chi connectivity index (χ0) is 24.9. The van der Waals surface area contributed by atoms with E-state index in [2.05, 4.69) is 15.5 Å². The van der Waals surface area contributed by atoms with Gasteiger partial charge in [-0.1, -0.05) is 41.6 Å². The van der Waals surface area contributed by atoms with Crippen molar-refractivity contribution in [2.45, 2.75) is 23.7 Å². The molecule has 36 heavy (non-hydrogen) atoms. The molecule has 0 saturated carbocycles. The third-order valence-electron chi connectivity index (χ3n) is 6.33. The maximum atomic E-state index is 12.7. The van der Waals surface area contributed by atoms with Crippen molar-refractivity contribution in [3.63, 3.8) is 0 Å². The van der Waals surface area contributed by atoms with E-state index in [-0.39, 0.29) is 17.7 Å². The number of carbonyl (C=O) groups is 2. The number of amides is 2. The third kappa shape index (κ3) is 5.33. The molecule has 1 fully saturated rings. The molecule has 1 N–H and O–H groups in total. The molecule has 1 aromatic heterocycles. The highest BCUT2D eigenvalue weighted by Gasteiger charge is 2.28. The van der Waals surface area contributed by atoms with Crippen molar-refractivity contribution < 1.29 is 14.1 Å². The lowest BCUT2D eigenvalue weighted by molar-refractivity contribution is 0.0704. The van der Waals surface area contributed by atoms with Crippen molar-refractivity contribution in [1.82, 2.24) is 15.0 Å². The number of thioether (sulfide) groups is 1. The molecule has 0 radical (unpaired) electrons. The van der Waals surface area contributed by atoms with Crippen LogP contribution in [0.25, 0.3) is 11.4 Å². The summed E-state index contributed by atoms with van der Waals surface area (Å²) in [6.07, 6.45) is 3.55. The first-order chi connectivity index (χ1) is 17.6. The molecule has 0 unspecified atom stereocenters. The van der Waals surface area contributed by atoms with Crippen molar-refractivity contribution in [3.05, 3.63) is 95.9 Å². The van der Waals surface area contributed by atoms with Crippen molar-refractivity contribution in [2.24, 2.45) is 0 Å². The summed E-state index contributed by atoms with van der Waals surface area (Å²) >= 11 is 1.63. The van der Waals surface area contributed by atoms with Crippen molar-refractivity contribution in [3.8, 4) is 11.4 Å². The first-order valence-electron chi connectivity index (χ1n) is 11.8. The van der Waals surface area contributed by atoms with Crippen LogP contribution in [0.4, 0.5) is 5.69 Å². The van der Waals surface area contributed by atoms with Gasteiger partial charge in [-0.25, -0.2) is 0 Å². The number of aromatic nitrogens is 2. The van der Waals surface area contributed by atoms with Crippen LogP contribution in [-0.2, 0) is 0 Å². The molecule has 5 rings (SSSR count). The van der Waals surface area contributed by atoms with Crippen molar-refractivity contribution in [1.29, 1.82) is 0 Å². The number of nitrogens with one attached hydrogen (secondary N) is 1. The fraction of sp³-hybridized carbons (Fsp3) is 0.214.